The van der Waals surface area contributed by atoms with Crippen LogP contribution in [0.25, 0.3) is 17.2 Å². The Bertz CT molecular complexity index is 1850. The minimum Gasteiger partial charge on any atom is -0.748 e. The van der Waals surface area contributed by atoms with Crippen molar-refractivity contribution in [1.82, 2.24) is 0 Å². The summed E-state index contributed by atoms with van der Waals surface area (Å²) in [6.07, 6.45) is 4.91. The second-order valence-corrected chi connectivity index (χ2v) is 11.4. The number of fused-ring (bicyclic) bond motifs is 2. The first kappa shape index (κ1) is 29.9. The molecule has 0 radical (unpaired) electrons. The highest BCUT2D eigenvalue weighted by atomic mass is 32.2. The highest BCUT2D eigenvalue weighted by Gasteiger charge is 2.28. The number of benzene rings is 3. The van der Waals surface area contributed by atoms with Gasteiger partial charge in [0, 0.05) is 42.1 Å². The Morgan fingerprint density at radius 3 is 2.44 bits per heavy atom. The summed E-state index contributed by atoms with van der Waals surface area (Å²) >= 11 is 0. The lowest BCUT2D eigenvalue weighted by atomic mass is 10.1. The summed E-state index contributed by atoms with van der Waals surface area (Å²) in [5, 5.41) is 9.02. The van der Waals surface area contributed by atoms with E-state index in [0.29, 0.717) is 29.1 Å². The number of ether oxygens (including phenoxy) is 1. The molecule has 43 heavy (non-hydrogen) atoms. The summed E-state index contributed by atoms with van der Waals surface area (Å²) in [7, 11) is -4.39. The number of rotatable bonds is 11. The van der Waals surface area contributed by atoms with Gasteiger partial charge in [0.2, 0.25) is 11.5 Å². The van der Waals surface area contributed by atoms with E-state index in [1.807, 2.05) is 0 Å². The van der Waals surface area contributed by atoms with E-state index >= 15 is 0 Å². The van der Waals surface area contributed by atoms with Gasteiger partial charge in [0.05, 0.1) is 28.3 Å². The highest BCUT2D eigenvalue weighted by molar-refractivity contribution is 7.85. The zero-order valence-corrected chi connectivity index (χ0v) is 23.3. The van der Waals surface area contributed by atoms with Crippen molar-refractivity contribution in [1.29, 1.82) is 0 Å². The van der Waals surface area contributed by atoms with Crippen LogP contribution >= 0.6 is 0 Å². The minimum absolute atomic E-state index is 0.0654. The summed E-state index contributed by atoms with van der Waals surface area (Å²) in [5.74, 6) is -3.56. The second-order valence-electron chi connectivity index (χ2n) is 9.85. The van der Waals surface area contributed by atoms with Crippen molar-refractivity contribution in [2.45, 2.75) is 25.8 Å². The van der Waals surface area contributed by atoms with Gasteiger partial charge in [0.1, 0.15) is 5.82 Å². The van der Waals surface area contributed by atoms with Crippen LogP contribution in [0.15, 0.2) is 77.0 Å². The fourth-order valence-corrected chi connectivity index (χ4v) is 5.26. The van der Waals surface area contributed by atoms with Crippen molar-refractivity contribution in [3.8, 4) is 5.75 Å². The average molecular weight is 615 g/mol. The molecule has 13 heteroatoms. The van der Waals surface area contributed by atoms with Gasteiger partial charge in [-0.15, -0.1) is 0 Å². The van der Waals surface area contributed by atoms with Crippen LogP contribution in [0.3, 0.4) is 0 Å². The summed E-state index contributed by atoms with van der Waals surface area (Å²) in [4.78, 5) is 12.5. The van der Waals surface area contributed by atoms with Gasteiger partial charge in [-0.25, -0.2) is 21.6 Å². The van der Waals surface area contributed by atoms with Crippen molar-refractivity contribution in [2.24, 2.45) is 0 Å². The highest BCUT2D eigenvalue weighted by Crippen LogP contribution is 2.40. The van der Waals surface area contributed by atoms with Crippen molar-refractivity contribution in [2.75, 3.05) is 17.2 Å². The van der Waals surface area contributed by atoms with Gasteiger partial charge in [-0.1, -0.05) is 24.3 Å². The maximum absolute atomic E-state index is 14.0. The molecule has 0 saturated carbocycles. The van der Waals surface area contributed by atoms with Crippen LogP contribution in [0.4, 0.5) is 18.9 Å². The third-order valence-electron chi connectivity index (χ3n) is 6.69. The van der Waals surface area contributed by atoms with Crippen LogP contribution in [0.2, 0.25) is 0 Å². The number of hydrogen-bond acceptors (Lipinski definition) is 7. The lowest BCUT2D eigenvalue weighted by Gasteiger charge is -2.18. The average Bonchev–Trinajstić information content (AvgIpc) is 3.43. The van der Waals surface area contributed by atoms with Crippen molar-refractivity contribution in [3.05, 3.63) is 107 Å². The Kier molecular flexibility index (Phi) is 8.55. The summed E-state index contributed by atoms with van der Waals surface area (Å²) in [6, 6.07) is 13.0. The molecular formula is C30H25F3N2O7S. The number of aromatic nitrogens is 1. The first-order valence-corrected chi connectivity index (χ1v) is 14.7. The van der Waals surface area contributed by atoms with Crippen LogP contribution in [0, 0.1) is 17.5 Å². The number of aliphatic carboxylic acids is 1. The fraction of sp³-hybridized carbons (Fsp3) is 0.200. The van der Waals surface area contributed by atoms with E-state index < -0.39 is 39.3 Å². The Morgan fingerprint density at radius 1 is 1.00 bits per heavy atom. The number of carboxylic acids is 1. The van der Waals surface area contributed by atoms with Gasteiger partial charge in [-0.3, -0.25) is 4.79 Å². The van der Waals surface area contributed by atoms with Crippen LogP contribution in [-0.4, -0.2) is 36.3 Å². The van der Waals surface area contributed by atoms with Gasteiger partial charge in [-0.05, 0) is 36.6 Å². The SMILES string of the molecule is O=C(O)Cc1ccc(C[n+]2c(C=CC=C3Oc4cc(F)c(F)cc4N3CCCCS(=O)(=O)[O-])oc3cc(F)ccc32)cc1. The Hall–Kier alpha value is -4.62. The van der Waals surface area contributed by atoms with E-state index in [1.54, 1.807) is 52.0 Å². The molecule has 2 heterocycles. The topological polar surface area (TPSA) is 124 Å². The quantitative estimate of drug-likeness (QED) is 0.144. The molecule has 1 aliphatic heterocycles. The van der Waals surface area contributed by atoms with E-state index in [2.05, 4.69) is 0 Å². The Balaban J connectivity index is 1.43. The number of nitrogens with zero attached hydrogens (tertiary/aromatic N) is 2. The predicted octanol–water partition coefficient (Wildman–Crippen LogP) is 4.89. The smallest absolute Gasteiger partial charge is 0.374 e. The van der Waals surface area contributed by atoms with Gasteiger partial charge < -0.3 is 23.7 Å². The molecule has 0 saturated heterocycles. The van der Waals surface area contributed by atoms with Crippen molar-refractivity contribution < 1.29 is 49.8 Å². The van der Waals surface area contributed by atoms with Crippen LogP contribution in [0.5, 0.6) is 5.75 Å². The molecule has 0 unspecified atom stereocenters. The molecule has 0 fully saturated rings. The van der Waals surface area contributed by atoms with E-state index in [-0.39, 0.29) is 43.1 Å². The molecule has 9 nitrogen and oxygen atoms in total. The molecule has 0 amide bonds. The number of halogens is 3. The van der Waals surface area contributed by atoms with Crippen molar-refractivity contribution >= 4 is 39.0 Å². The van der Waals surface area contributed by atoms with E-state index in [4.69, 9.17) is 14.3 Å². The monoisotopic (exact) mass is 614 g/mol. The van der Waals surface area contributed by atoms with Crippen LogP contribution in [-0.2, 0) is 27.9 Å². The maximum atomic E-state index is 14.0. The first-order valence-electron chi connectivity index (χ1n) is 13.1. The Morgan fingerprint density at radius 2 is 1.72 bits per heavy atom. The van der Waals surface area contributed by atoms with Gasteiger partial charge in [0.25, 0.3) is 5.52 Å². The number of carboxylic acid groups (broad SMARTS) is 1. The molecule has 224 valence electrons. The van der Waals surface area contributed by atoms with E-state index in [0.717, 1.165) is 17.7 Å². The standard InChI is InChI=1S/C30H25F3N2O7S/c31-21-10-11-24-26(15-21)41-29(35(24)18-20-8-6-19(7-9-20)14-30(36)37)5-3-4-28-34(12-1-2-13-43(38,39)40)25-16-22(32)23(33)17-27(25)42-28/h3-11,15-17H,1-2,12-14,18H2,(H-,36,37,38,39,40). The normalized spacial score (nSPS) is 14.1. The third kappa shape index (κ3) is 7.24. The number of carbonyl (C=O) groups is 1. The lowest BCUT2D eigenvalue weighted by Crippen LogP contribution is -2.35. The molecule has 0 spiro atoms. The summed E-state index contributed by atoms with van der Waals surface area (Å²) in [6.45, 7) is 0.479. The fourth-order valence-electron chi connectivity index (χ4n) is 4.70. The number of hydrogen-bond donors (Lipinski definition) is 1. The number of anilines is 1. The van der Waals surface area contributed by atoms with Gasteiger partial charge >= 0.3 is 11.9 Å². The van der Waals surface area contributed by atoms with Gasteiger partial charge in [-0.2, -0.15) is 4.57 Å². The molecule has 0 bridgehead atoms. The molecule has 1 N–H and O–H groups in total. The molecule has 3 aromatic carbocycles. The van der Waals surface area contributed by atoms with Crippen LogP contribution < -0.4 is 14.2 Å². The number of oxazole rings is 1. The van der Waals surface area contributed by atoms with E-state index in [9.17, 15) is 30.9 Å². The second kappa shape index (κ2) is 12.3. The summed E-state index contributed by atoms with van der Waals surface area (Å²) in [5.41, 5.74) is 2.62. The van der Waals surface area contributed by atoms with Crippen molar-refractivity contribution in [3.63, 3.8) is 0 Å². The minimum atomic E-state index is -4.39. The lowest BCUT2D eigenvalue weighted by molar-refractivity contribution is -0.669. The maximum Gasteiger partial charge on any atom is 0.374 e. The predicted molar refractivity (Wildman–Crippen MR) is 148 cm³/mol. The largest absolute Gasteiger partial charge is 0.748 e. The zero-order valence-electron chi connectivity index (χ0n) is 22.5. The molecule has 4 aromatic rings. The number of allylic oxidation sites excluding steroid dienone is 2. The van der Waals surface area contributed by atoms with Gasteiger partial charge in [0.15, 0.2) is 23.9 Å². The van der Waals surface area contributed by atoms with E-state index in [1.165, 1.54) is 18.2 Å². The molecule has 0 aliphatic carbocycles. The number of unbranched alkanes of at least 4 members (excludes halogenated alkanes) is 1. The van der Waals surface area contributed by atoms with Crippen LogP contribution in [0.1, 0.15) is 29.9 Å². The Labute approximate surface area is 244 Å². The summed E-state index contributed by atoms with van der Waals surface area (Å²) < 4.78 is 88.3. The molecule has 1 aromatic heterocycles. The molecule has 0 atom stereocenters. The zero-order chi connectivity index (χ0) is 30.7. The first-order chi connectivity index (χ1) is 20.5. The molecule has 5 rings (SSSR count). The molecule has 1 aliphatic rings. The third-order valence-corrected chi connectivity index (χ3v) is 7.48. The molecular weight excluding hydrogens is 589 g/mol.